The zero-order chi connectivity index (χ0) is 14.5. The zero-order valence-electron chi connectivity index (χ0n) is 10.9. The number of nitrogen functional groups attached to an aromatic ring is 1. The minimum absolute atomic E-state index is 0.0558. The molecule has 2 rings (SSSR count). The van der Waals surface area contributed by atoms with Crippen LogP contribution < -0.4 is 16.0 Å². The number of ether oxygens (including phenoxy) is 1. The van der Waals surface area contributed by atoms with Crippen molar-refractivity contribution < 1.29 is 14.6 Å². The van der Waals surface area contributed by atoms with Crippen LogP contribution in [0.5, 0.6) is 5.75 Å². The van der Waals surface area contributed by atoms with Crippen LogP contribution in [0.15, 0.2) is 30.6 Å². The van der Waals surface area contributed by atoms with E-state index in [1.54, 1.807) is 18.2 Å². The van der Waals surface area contributed by atoms with Crippen molar-refractivity contribution in [2.24, 2.45) is 5.84 Å². The molecule has 0 saturated carbocycles. The summed E-state index contributed by atoms with van der Waals surface area (Å²) in [5.74, 6) is 4.93. The first kappa shape index (κ1) is 14.0. The van der Waals surface area contributed by atoms with Gasteiger partial charge in [0.25, 0.3) is 0 Å². The highest BCUT2D eigenvalue weighted by molar-refractivity contribution is 5.89. The number of benzene rings is 1. The van der Waals surface area contributed by atoms with E-state index in [9.17, 15) is 9.90 Å². The van der Waals surface area contributed by atoms with Crippen LogP contribution in [0.2, 0.25) is 0 Å². The van der Waals surface area contributed by atoms with Gasteiger partial charge in [-0.15, -0.1) is 5.10 Å². The zero-order valence-corrected chi connectivity index (χ0v) is 10.9. The second-order valence-electron chi connectivity index (χ2n) is 4.02. The number of hydrogen-bond donors (Lipinski definition) is 3. The molecule has 2 aromatic rings. The van der Waals surface area contributed by atoms with Gasteiger partial charge in [0.1, 0.15) is 18.2 Å². The Hall–Kier alpha value is -2.45. The number of aromatic nitrogens is 3. The summed E-state index contributed by atoms with van der Waals surface area (Å²) in [6.07, 6.45) is 0.519. The topological polar surface area (TPSA) is 115 Å². The molecule has 1 aromatic heterocycles. The summed E-state index contributed by atoms with van der Waals surface area (Å²) in [7, 11) is 1.53. The van der Waals surface area contributed by atoms with E-state index < -0.39 is 12.0 Å². The van der Waals surface area contributed by atoms with E-state index in [2.05, 4.69) is 10.1 Å². The van der Waals surface area contributed by atoms with Gasteiger partial charge in [0.15, 0.2) is 0 Å². The fourth-order valence-corrected chi connectivity index (χ4v) is 1.77. The van der Waals surface area contributed by atoms with Crippen LogP contribution in [-0.2, 0) is 6.54 Å². The Morgan fingerprint density at radius 1 is 1.55 bits per heavy atom. The minimum Gasteiger partial charge on any atom is -0.496 e. The predicted molar refractivity (Wildman–Crippen MR) is 69.6 cm³/mol. The van der Waals surface area contributed by atoms with Crippen molar-refractivity contribution >= 4 is 5.91 Å². The Kier molecular flexibility index (Phi) is 4.28. The van der Waals surface area contributed by atoms with Crippen molar-refractivity contribution in [2.75, 3.05) is 7.11 Å². The van der Waals surface area contributed by atoms with E-state index in [4.69, 9.17) is 10.6 Å². The number of aliphatic hydroxyl groups is 1. The molecule has 0 radical (unpaired) electrons. The molecular weight excluding hydrogens is 262 g/mol. The van der Waals surface area contributed by atoms with Gasteiger partial charge in [0.2, 0.25) is 5.82 Å². The number of nitrogens with one attached hydrogen (secondary N) is 1. The molecule has 0 bridgehead atoms. The van der Waals surface area contributed by atoms with Crippen LogP contribution in [0.25, 0.3) is 0 Å². The average Bonchev–Trinajstić information content (AvgIpc) is 2.94. The Balaban J connectivity index is 2.13. The lowest BCUT2D eigenvalue weighted by Crippen LogP contribution is -2.31. The summed E-state index contributed by atoms with van der Waals surface area (Å²) in [5.41, 5.74) is 2.57. The molecule has 0 aliphatic rings. The second-order valence-corrected chi connectivity index (χ2v) is 4.02. The molecule has 1 heterocycles. The van der Waals surface area contributed by atoms with Crippen LogP contribution in [0.4, 0.5) is 0 Å². The Labute approximate surface area is 115 Å². The first-order valence-electron chi connectivity index (χ1n) is 5.87. The number of carbonyl (C=O) groups excluding carboxylic acids is 1. The lowest BCUT2D eigenvalue weighted by atomic mass is 10.1. The maximum atomic E-state index is 11.2. The van der Waals surface area contributed by atoms with Gasteiger partial charge in [0, 0.05) is 5.56 Å². The number of amides is 1. The van der Waals surface area contributed by atoms with Crippen LogP contribution >= 0.6 is 0 Å². The summed E-state index contributed by atoms with van der Waals surface area (Å²) in [6, 6.07) is 7.13. The summed E-state index contributed by atoms with van der Waals surface area (Å²) >= 11 is 0. The smallest absolute Gasteiger partial charge is 0.304 e. The molecule has 0 aliphatic heterocycles. The van der Waals surface area contributed by atoms with Gasteiger partial charge >= 0.3 is 5.91 Å². The summed E-state index contributed by atoms with van der Waals surface area (Å²) in [6.45, 7) is 0.144. The van der Waals surface area contributed by atoms with Gasteiger partial charge in [0.05, 0.1) is 13.7 Å². The maximum Gasteiger partial charge on any atom is 0.304 e. The number of hydrogen-bond acceptors (Lipinski definition) is 6. The summed E-state index contributed by atoms with van der Waals surface area (Å²) < 4.78 is 6.54. The molecule has 0 fully saturated rings. The molecule has 0 aliphatic carbocycles. The van der Waals surface area contributed by atoms with Crippen molar-refractivity contribution in [3.05, 3.63) is 42.0 Å². The van der Waals surface area contributed by atoms with E-state index in [1.807, 2.05) is 11.5 Å². The second kappa shape index (κ2) is 6.13. The van der Waals surface area contributed by atoms with Crippen LogP contribution in [-0.4, -0.2) is 32.9 Å². The number of carbonyl (C=O) groups is 1. The van der Waals surface area contributed by atoms with E-state index in [0.717, 1.165) is 0 Å². The molecule has 106 valence electrons. The van der Waals surface area contributed by atoms with Gasteiger partial charge in [-0.25, -0.2) is 15.5 Å². The van der Waals surface area contributed by atoms with Crippen molar-refractivity contribution in [3.63, 3.8) is 0 Å². The number of nitrogens with two attached hydrogens (primary N) is 1. The quantitative estimate of drug-likeness (QED) is 0.390. The van der Waals surface area contributed by atoms with E-state index >= 15 is 0 Å². The Morgan fingerprint density at radius 2 is 2.30 bits per heavy atom. The number of rotatable bonds is 5. The molecular formula is C12H15N5O3. The van der Waals surface area contributed by atoms with Gasteiger partial charge in [-0.2, -0.15) is 0 Å². The molecule has 8 nitrogen and oxygen atoms in total. The molecule has 1 aromatic carbocycles. The summed E-state index contributed by atoms with van der Waals surface area (Å²) in [5, 5.41) is 14.1. The van der Waals surface area contributed by atoms with Gasteiger partial charge in [-0.3, -0.25) is 10.2 Å². The number of methoxy groups -OCH3 is 1. The van der Waals surface area contributed by atoms with E-state index in [1.165, 1.54) is 18.1 Å². The van der Waals surface area contributed by atoms with Gasteiger partial charge in [-0.05, 0) is 6.07 Å². The number of hydrazine groups is 1. The molecule has 4 N–H and O–H groups in total. The molecule has 0 spiro atoms. The van der Waals surface area contributed by atoms with E-state index in [-0.39, 0.29) is 12.4 Å². The third-order valence-corrected chi connectivity index (χ3v) is 2.73. The number of nitrogens with zero attached hydrogens (tertiary/aromatic N) is 3. The number of aliphatic hydroxyl groups excluding tert-OH is 1. The highest BCUT2D eigenvalue weighted by Crippen LogP contribution is 2.25. The highest BCUT2D eigenvalue weighted by atomic mass is 16.5. The molecule has 20 heavy (non-hydrogen) atoms. The first-order chi connectivity index (χ1) is 9.65. The normalized spacial score (nSPS) is 11.9. The molecule has 8 heteroatoms. The molecule has 0 saturated heterocycles. The van der Waals surface area contributed by atoms with Gasteiger partial charge < -0.3 is 9.84 Å². The van der Waals surface area contributed by atoms with Crippen LogP contribution in [0, 0.1) is 0 Å². The third-order valence-electron chi connectivity index (χ3n) is 2.73. The lowest BCUT2D eigenvalue weighted by molar-refractivity contribution is 0.0941. The SMILES string of the molecule is COc1ccccc1[C@H](O)Cn1cnc(C(=O)NN)n1. The van der Waals surface area contributed by atoms with Crippen molar-refractivity contribution in [2.45, 2.75) is 12.6 Å². The first-order valence-corrected chi connectivity index (χ1v) is 5.87. The summed E-state index contributed by atoms with van der Waals surface area (Å²) in [4.78, 5) is 15.0. The molecule has 1 atom stereocenters. The predicted octanol–water partition coefficient (Wildman–Crippen LogP) is -0.376. The number of para-hydroxylation sites is 1. The largest absolute Gasteiger partial charge is 0.496 e. The molecule has 1 amide bonds. The Bertz CT molecular complexity index is 598. The lowest BCUT2D eigenvalue weighted by Gasteiger charge is -2.14. The fraction of sp³-hybridized carbons (Fsp3) is 0.250. The third kappa shape index (κ3) is 2.92. The molecule has 0 unspecified atom stereocenters. The van der Waals surface area contributed by atoms with Crippen LogP contribution in [0.3, 0.4) is 0 Å². The van der Waals surface area contributed by atoms with Crippen LogP contribution in [0.1, 0.15) is 22.3 Å². The van der Waals surface area contributed by atoms with Crippen molar-refractivity contribution in [3.8, 4) is 5.75 Å². The van der Waals surface area contributed by atoms with Crippen molar-refractivity contribution in [1.29, 1.82) is 0 Å². The average molecular weight is 277 g/mol. The van der Waals surface area contributed by atoms with Crippen molar-refractivity contribution in [1.82, 2.24) is 20.2 Å². The highest BCUT2D eigenvalue weighted by Gasteiger charge is 2.15. The fourth-order valence-electron chi connectivity index (χ4n) is 1.77. The maximum absolute atomic E-state index is 11.2. The monoisotopic (exact) mass is 277 g/mol. The standard InChI is InChI=1S/C12H15N5O3/c1-20-10-5-3-2-4-8(10)9(18)6-17-7-14-11(16-17)12(19)15-13/h2-5,7,9,18H,6,13H2,1H3,(H,15,19)/t9-/m1/s1. The van der Waals surface area contributed by atoms with E-state index in [0.29, 0.717) is 11.3 Å². The minimum atomic E-state index is -0.832. The van der Waals surface area contributed by atoms with Gasteiger partial charge in [-0.1, -0.05) is 18.2 Å². The Morgan fingerprint density at radius 3 is 3.00 bits per heavy atom.